The van der Waals surface area contributed by atoms with Crippen LogP contribution < -0.4 is 20.5 Å². The van der Waals surface area contributed by atoms with Gasteiger partial charge in [-0.3, -0.25) is 9.59 Å². The maximum Gasteiger partial charge on any atom is 0.274 e. The number of fused-ring (bicyclic) bond motifs is 2. The van der Waals surface area contributed by atoms with Crippen LogP contribution >= 0.6 is 0 Å². The number of carbonyl (C=O) groups is 1. The highest BCUT2D eigenvalue weighted by molar-refractivity contribution is 5.93. The van der Waals surface area contributed by atoms with Crippen molar-refractivity contribution in [1.82, 2.24) is 19.9 Å². The van der Waals surface area contributed by atoms with E-state index in [-0.39, 0.29) is 28.6 Å². The number of anilines is 1. The predicted octanol–water partition coefficient (Wildman–Crippen LogP) is 3.15. The first-order chi connectivity index (χ1) is 15.9. The number of H-pyrrole nitrogens is 1. The Morgan fingerprint density at radius 1 is 1.21 bits per heavy atom. The Labute approximate surface area is 188 Å². The number of hydrogen-bond acceptors (Lipinski definition) is 5. The topological polar surface area (TPSA) is 91.7 Å². The van der Waals surface area contributed by atoms with Crippen molar-refractivity contribution >= 4 is 17.1 Å². The first-order valence-corrected chi connectivity index (χ1v) is 10.6. The first-order valence-electron chi connectivity index (χ1n) is 10.6. The number of nitrogens with one attached hydrogen (secondary N) is 2. The molecule has 1 amide bonds. The van der Waals surface area contributed by atoms with Crippen molar-refractivity contribution in [2.75, 3.05) is 25.1 Å². The van der Waals surface area contributed by atoms with Crippen LogP contribution in [0.25, 0.3) is 16.8 Å². The third-order valence-electron chi connectivity index (χ3n) is 5.78. The second-order valence-electron chi connectivity index (χ2n) is 8.06. The zero-order valence-corrected chi connectivity index (χ0v) is 18.1. The summed E-state index contributed by atoms with van der Waals surface area (Å²) in [5.41, 5.74) is 3.10. The minimum Gasteiger partial charge on any atom is -0.490 e. The van der Waals surface area contributed by atoms with E-state index < -0.39 is 5.91 Å². The lowest BCUT2D eigenvalue weighted by atomic mass is 10.1. The first kappa shape index (κ1) is 20.7. The van der Waals surface area contributed by atoms with E-state index in [1.165, 1.54) is 22.7 Å². The van der Waals surface area contributed by atoms with Gasteiger partial charge in [-0.2, -0.15) is 5.10 Å². The lowest BCUT2D eigenvalue weighted by Gasteiger charge is -2.28. The van der Waals surface area contributed by atoms with Gasteiger partial charge in [0.15, 0.2) is 5.69 Å². The van der Waals surface area contributed by atoms with E-state index in [1.807, 2.05) is 25.2 Å². The van der Waals surface area contributed by atoms with Gasteiger partial charge in [0, 0.05) is 18.7 Å². The monoisotopic (exact) mass is 447 g/mol. The number of aromatic amines is 1. The molecule has 168 valence electrons. The molecule has 0 bridgehead atoms. The Hall–Kier alpha value is -4.14. The number of aromatic nitrogens is 3. The van der Waals surface area contributed by atoms with Gasteiger partial charge in [0.1, 0.15) is 23.7 Å². The molecule has 0 radical (unpaired) electrons. The van der Waals surface area contributed by atoms with Crippen molar-refractivity contribution in [3.05, 3.63) is 82.2 Å². The van der Waals surface area contributed by atoms with Gasteiger partial charge in [-0.05, 0) is 42.8 Å². The number of hydrogen-bond donors (Lipinski definition) is 2. The van der Waals surface area contributed by atoms with Crippen molar-refractivity contribution in [3.8, 4) is 17.0 Å². The van der Waals surface area contributed by atoms with E-state index in [2.05, 4.69) is 20.3 Å². The molecule has 0 aliphatic carbocycles. The summed E-state index contributed by atoms with van der Waals surface area (Å²) >= 11 is 0. The third-order valence-corrected chi connectivity index (χ3v) is 5.78. The molecule has 0 unspecified atom stereocenters. The van der Waals surface area contributed by atoms with Crippen LogP contribution in [-0.4, -0.2) is 40.7 Å². The molecule has 8 nitrogen and oxygen atoms in total. The molecular weight excluding hydrogens is 425 g/mol. The highest BCUT2D eigenvalue weighted by Gasteiger charge is 2.19. The molecule has 33 heavy (non-hydrogen) atoms. The molecule has 2 N–H and O–H groups in total. The summed E-state index contributed by atoms with van der Waals surface area (Å²) in [6, 6.07) is 12.7. The van der Waals surface area contributed by atoms with Crippen LogP contribution in [0.2, 0.25) is 0 Å². The summed E-state index contributed by atoms with van der Waals surface area (Å²) in [5, 5.41) is 7.14. The average molecular weight is 447 g/mol. The molecule has 3 heterocycles. The molecule has 0 fully saturated rings. The Morgan fingerprint density at radius 3 is 2.79 bits per heavy atom. The number of nitrogens with zero attached hydrogens (tertiary/aromatic N) is 3. The minimum absolute atomic E-state index is 0.116. The zero-order chi connectivity index (χ0) is 23.1. The number of rotatable bonds is 4. The molecule has 4 aromatic rings. The molecular formula is C24H22FN5O3. The Bertz CT molecular complexity index is 1410. The summed E-state index contributed by atoms with van der Waals surface area (Å²) < 4.78 is 20.2. The van der Waals surface area contributed by atoms with Crippen molar-refractivity contribution in [2.24, 2.45) is 0 Å². The van der Waals surface area contributed by atoms with Crippen molar-refractivity contribution < 1.29 is 13.9 Å². The maximum atomic E-state index is 13.1. The summed E-state index contributed by atoms with van der Waals surface area (Å²) in [6.07, 6.45) is 1.68. The van der Waals surface area contributed by atoms with Gasteiger partial charge < -0.3 is 19.9 Å². The number of benzene rings is 2. The fourth-order valence-electron chi connectivity index (χ4n) is 3.88. The number of carbonyl (C=O) groups excluding carboxylic acids is 1. The summed E-state index contributed by atoms with van der Waals surface area (Å²) in [7, 11) is 1.99. The van der Waals surface area contributed by atoms with Crippen LogP contribution in [0.3, 0.4) is 0 Å². The molecule has 9 heteroatoms. The minimum atomic E-state index is -0.427. The second kappa shape index (κ2) is 8.09. The van der Waals surface area contributed by atoms with Gasteiger partial charge in [0.05, 0.1) is 30.2 Å². The maximum absolute atomic E-state index is 13.1. The van der Waals surface area contributed by atoms with Crippen LogP contribution in [0, 0.1) is 5.82 Å². The Morgan fingerprint density at radius 2 is 2.00 bits per heavy atom. The zero-order valence-electron chi connectivity index (χ0n) is 18.1. The van der Waals surface area contributed by atoms with E-state index in [0.717, 1.165) is 29.1 Å². The van der Waals surface area contributed by atoms with E-state index in [9.17, 15) is 14.0 Å². The van der Waals surface area contributed by atoms with Crippen molar-refractivity contribution in [3.63, 3.8) is 0 Å². The molecule has 5 rings (SSSR count). The van der Waals surface area contributed by atoms with E-state index in [4.69, 9.17) is 4.74 Å². The van der Waals surface area contributed by atoms with E-state index >= 15 is 0 Å². The van der Waals surface area contributed by atoms with Gasteiger partial charge in [-0.15, -0.1) is 0 Å². The highest BCUT2D eigenvalue weighted by Crippen LogP contribution is 2.34. The van der Waals surface area contributed by atoms with Gasteiger partial charge >= 0.3 is 0 Å². The molecule has 2 aromatic heterocycles. The number of likely N-dealkylation sites (N-methyl/N-ethyl adjacent to an activating group) is 1. The molecule has 0 saturated carbocycles. The average Bonchev–Trinajstić information content (AvgIpc) is 3.25. The van der Waals surface area contributed by atoms with E-state index in [0.29, 0.717) is 12.3 Å². The third kappa shape index (κ3) is 3.93. The quantitative estimate of drug-likeness (QED) is 0.502. The van der Waals surface area contributed by atoms with Crippen LogP contribution in [-0.2, 0) is 0 Å². The summed E-state index contributed by atoms with van der Waals surface area (Å²) in [6.45, 7) is 3.20. The molecule has 1 atom stereocenters. The SMILES string of the molecule is C[C@@H](NC(=O)c1cc2c(=O)[nH]c(-c3ccc4c(c3)N(C)CCO4)cn2n1)c1ccc(F)cc1. The molecule has 1 aliphatic rings. The summed E-state index contributed by atoms with van der Waals surface area (Å²) in [4.78, 5) is 30.4. The lowest BCUT2D eigenvalue weighted by molar-refractivity contribution is 0.0934. The lowest BCUT2D eigenvalue weighted by Crippen LogP contribution is -2.28. The highest BCUT2D eigenvalue weighted by atomic mass is 19.1. The predicted molar refractivity (Wildman–Crippen MR) is 122 cm³/mol. The van der Waals surface area contributed by atoms with Crippen LogP contribution in [0.4, 0.5) is 10.1 Å². The Kier molecular flexibility index (Phi) is 5.08. The van der Waals surface area contributed by atoms with Crippen LogP contribution in [0.1, 0.15) is 29.0 Å². The number of ether oxygens (including phenoxy) is 1. The molecule has 2 aromatic carbocycles. The van der Waals surface area contributed by atoms with Gasteiger partial charge in [0.2, 0.25) is 0 Å². The van der Waals surface area contributed by atoms with Crippen LogP contribution in [0.5, 0.6) is 5.75 Å². The standard InChI is InChI=1S/C24H22FN5O3/c1-14(15-3-6-17(25)7-4-15)26-23(31)18-12-21-24(32)27-19(13-30(21)28-18)16-5-8-22-20(11-16)29(2)9-10-33-22/h3-8,11-14H,9-10H2,1-2H3,(H,26,31)(H,27,32)/t14-/m1/s1. The Balaban J connectivity index is 1.44. The number of halogens is 1. The van der Waals surface area contributed by atoms with Crippen molar-refractivity contribution in [1.29, 1.82) is 0 Å². The smallest absolute Gasteiger partial charge is 0.274 e. The number of amides is 1. The summed E-state index contributed by atoms with van der Waals surface area (Å²) in [5.74, 6) is 0.0269. The van der Waals surface area contributed by atoms with E-state index in [1.54, 1.807) is 25.3 Å². The normalized spacial score (nSPS) is 14.0. The van der Waals surface area contributed by atoms with Crippen molar-refractivity contribution in [2.45, 2.75) is 13.0 Å². The largest absolute Gasteiger partial charge is 0.490 e. The molecule has 0 spiro atoms. The van der Waals surface area contributed by atoms with Crippen LogP contribution in [0.15, 0.2) is 59.5 Å². The fourth-order valence-corrected chi connectivity index (χ4v) is 3.88. The fraction of sp³-hybridized carbons (Fsp3) is 0.208. The molecule has 0 saturated heterocycles. The second-order valence-corrected chi connectivity index (χ2v) is 8.06. The van der Waals surface area contributed by atoms with Gasteiger partial charge in [-0.1, -0.05) is 12.1 Å². The van der Waals surface area contributed by atoms with Gasteiger partial charge in [0.25, 0.3) is 11.5 Å². The molecule has 1 aliphatic heterocycles. The van der Waals surface area contributed by atoms with Gasteiger partial charge in [-0.25, -0.2) is 8.91 Å².